The van der Waals surface area contributed by atoms with Crippen LogP contribution in [-0.4, -0.2) is 11.7 Å². The van der Waals surface area contributed by atoms with Crippen molar-refractivity contribution in [2.45, 2.75) is 23.9 Å². The minimum absolute atomic E-state index is 0.180. The summed E-state index contributed by atoms with van der Waals surface area (Å²) in [6, 6.07) is 6.14. The molecule has 0 spiro atoms. The zero-order valence-corrected chi connectivity index (χ0v) is 12.1. The smallest absolute Gasteiger partial charge is 0.255 e. The van der Waals surface area contributed by atoms with Crippen molar-refractivity contribution in [2.75, 3.05) is 5.75 Å². The number of furan rings is 1. The van der Waals surface area contributed by atoms with Gasteiger partial charge in [-0.1, -0.05) is 0 Å². The number of amides is 1. The summed E-state index contributed by atoms with van der Waals surface area (Å²) in [5, 5.41) is 2.94. The average Bonchev–Trinajstić information content (AvgIpc) is 2.97. The number of rotatable bonds is 3. The molecular formula is C15H15FN2O2S. The van der Waals surface area contributed by atoms with Gasteiger partial charge >= 0.3 is 0 Å². The molecule has 21 heavy (non-hydrogen) atoms. The minimum atomic E-state index is -0.288. The van der Waals surface area contributed by atoms with Crippen LogP contribution in [0.4, 0.5) is 4.39 Å². The summed E-state index contributed by atoms with van der Waals surface area (Å²) in [4.78, 5) is 13.2. The van der Waals surface area contributed by atoms with E-state index in [1.807, 2.05) is 0 Å². The van der Waals surface area contributed by atoms with Crippen LogP contribution in [0.2, 0.25) is 0 Å². The number of thioether (sulfide) groups is 1. The SMILES string of the molecule is NCc1cc(C(=O)NC2CCSc3ccc(F)cc32)co1. The van der Waals surface area contributed by atoms with Crippen LogP contribution < -0.4 is 11.1 Å². The summed E-state index contributed by atoms with van der Waals surface area (Å²) in [6.45, 7) is 0.251. The maximum atomic E-state index is 13.4. The molecule has 2 heterocycles. The summed E-state index contributed by atoms with van der Waals surface area (Å²) in [7, 11) is 0. The van der Waals surface area contributed by atoms with E-state index < -0.39 is 0 Å². The van der Waals surface area contributed by atoms with E-state index in [0.717, 1.165) is 22.6 Å². The molecule has 1 amide bonds. The number of hydrogen-bond acceptors (Lipinski definition) is 4. The fourth-order valence-corrected chi connectivity index (χ4v) is 3.47. The van der Waals surface area contributed by atoms with Gasteiger partial charge in [0, 0.05) is 10.6 Å². The molecule has 1 unspecified atom stereocenters. The molecule has 1 aliphatic heterocycles. The maximum Gasteiger partial charge on any atom is 0.255 e. The van der Waals surface area contributed by atoms with Gasteiger partial charge in [0.1, 0.15) is 17.8 Å². The monoisotopic (exact) mass is 306 g/mol. The van der Waals surface area contributed by atoms with E-state index in [-0.39, 0.29) is 24.3 Å². The Kier molecular flexibility index (Phi) is 3.98. The van der Waals surface area contributed by atoms with Crippen molar-refractivity contribution >= 4 is 17.7 Å². The predicted molar refractivity (Wildman–Crippen MR) is 78.5 cm³/mol. The van der Waals surface area contributed by atoms with Crippen LogP contribution in [0, 0.1) is 5.82 Å². The zero-order chi connectivity index (χ0) is 14.8. The molecule has 3 N–H and O–H groups in total. The van der Waals surface area contributed by atoms with Crippen LogP contribution in [0.1, 0.15) is 34.1 Å². The van der Waals surface area contributed by atoms with E-state index in [1.54, 1.807) is 23.9 Å². The molecule has 6 heteroatoms. The maximum absolute atomic E-state index is 13.4. The van der Waals surface area contributed by atoms with Crippen molar-refractivity contribution in [2.24, 2.45) is 5.73 Å². The van der Waals surface area contributed by atoms with Gasteiger partial charge in [-0.3, -0.25) is 4.79 Å². The first-order valence-electron chi connectivity index (χ1n) is 6.68. The Balaban J connectivity index is 1.80. The molecule has 0 saturated carbocycles. The molecule has 0 bridgehead atoms. The molecule has 0 saturated heterocycles. The first-order valence-corrected chi connectivity index (χ1v) is 7.66. The summed E-state index contributed by atoms with van der Waals surface area (Å²) in [5.74, 6) is 0.934. The second kappa shape index (κ2) is 5.91. The highest BCUT2D eigenvalue weighted by Gasteiger charge is 2.23. The molecular weight excluding hydrogens is 291 g/mol. The molecule has 1 aromatic heterocycles. The Labute approximate surface area is 125 Å². The highest BCUT2D eigenvalue weighted by Crippen LogP contribution is 2.36. The summed E-state index contributed by atoms with van der Waals surface area (Å²) < 4.78 is 18.6. The van der Waals surface area contributed by atoms with Crippen molar-refractivity contribution < 1.29 is 13.6 Å². The van der Waals surface area contributed by atoms with Crippen molar-refractivity contribution in [3.05, 3.63) is 53.2 Å². The molecule has 0 radical (unpaired) electrons. The predicted octanol–water partition coefficient (Wildman–Crippen LogP) is 2.84. The van der Waals surface area contributed by atoms with E-state index in [1.165, 1.54) is 18.4 Å². The Bertz CT molecular complexity index is 671. The number of nitrogens with one attached hydrogen (secondary N) is 1. The number of fused-ring (bicyclic) bond motifs is 1. The summed E-state index contributed by atoms with van der Waals surface area (Å²) in [6.07, 6.45) is 2.16. The zero-order valence-electron chi connectivity index (χ0n) is 11.3. The molecule has 0 aliphatic carbocycles. The molecule has 2 aromatic rings. The second-order valence-corrected chi connectivity index (χ2v) is 5.99. The third-order valence-electron chi connectivity index (χ3n) is 3.43. The topological polar surface area (TPSA) is 68.3 Å². The summed E-state index contributed by atoms with van der Waals surface area (Å²) >= 11 is 1.68. The molecule has 3 rings (SSSR count). The van der Waals surface area contributed by atoms with Crippen LogP contribution in [0.25, 0.3) is 0 Å². The van der Waals surface area contributed by atoms with Crippen molar-refractivity contribution in [1.82, 2.24) is 5.32 Å². The van der Waals surface area contributed by atoms with Crippen LogP contribution in [-0.2, 0) is 6.54 Å². The average molecular weight is 306 g/mol. The van der Waals surface area contributed by atoms with E-state index in [2.05, 4.69) is 5.32 Å². The quantitative estimate of drug-likeness (QED) is 0.915. The van der Waals surface area contributed by atoms with Crippen LogP contribution in [0.3, 0.4) is 0 Å². The number of halogens is 1. The van der Waals surface area contributed by atoms with Crippen LogP contribution in [0.5, 0.6) is 0 Å². The van der Waals surface area contributed by atoms with Gasteiger partial charge in [-0.2, -0.15) is 0 Å². The van der Waals surface area contributed by atoms with E-state index in [4.69, 9.17) is 10.2 Å². The van der Waals surface area contributed by atoms with Gasteiger partial charge in [-0.25, -0.2) is 4.39 Å². The van der Waals surface area contributed by atoms with Gasteiger partial charge in [-0.15, -0.1) is 11.8 Å². The molecule has 0 fully saturated rings. The Morgan fingerprint density at radius 1 is 1.48 bits per heavy atom. The third-order valence-corrected chi connectivity index (χ3v) is 4.56. The lowest BCUT2D eigenvalue weighted by molar-refractivity contribution is 0.0934. The molecule has 1 aliphatic rings. The molecule has 1 aromatic carbocycles. The molecule has 110 valence electrons. The molecule has 1 atom stereocenters. The number of benzene rings is 1. The fraction of sp³-hybridized carbons (Fsp3) is 0.267. The van der Waals surface area contributed by atoms with E-state index in [9.17, 15) is 9.18 Å². The van der Waals surface area contributed by atoms with Crippen LogP contribution in [0.15, 0.2) is 39.8 Å². The lowest BCUT2D eigenvalue weighted by Crippen LogP contribution is -2.30. The minimum Gasteiger partial charge on any atom is -0.467 e. The van der Waals surface area contributed by atoms with Gasteiger partial charge in [0.25, 0.3) is 5.91 Å². The van der Waals surface area contributed by atoms with Crippen molar-refractivity contribution in [1.29, 1.82) is 0 Å². The normalized spacial score (nSPS) is 17.3. The van der Waals surface area contributed by atoms with Crippen molar-refractivity contribution in [3.63, 3.8) is 0 Å². The Morgan fingerprint density at radius 3 is 3.10 bits per heavy atom. The van der Waals surface area contributed by atoms with Crippen molar-refractivity contribution in [3.8, 4) is 0 Å². The lowest BCUT2D eigenvalue weighted by Gasteiger charge is -2.25. The van der Waals surface area contributed by atoms with Gasteiger partial charge in [0.15, 0.2) is 0 Å². The lowest BCUT2D eigenvalue weighted by atomic mass is 10.0. The fourth-order valence-electron chi connectivity index (χ4n) is 2.36. The van der Waals surface area contributed by atoms with E-state index >= 15 is 0 Å². The first-order chi connectivity index (χ1) is 10.2. The van der Waals surface area contributed by atoms with E-state index in [0.29, 0.717) is 11.3 Å². The third kappa shape index (κ3) is 2.96. The largest absolute Gasteiger partial charge is 0.467 e. The standard InChI is InChI=1S/C15H15FN2O2S/c16-10-1-2-14-12(6-10)13(3-4-21-14)18-15(19)9-5-11(7-17)20-8-9/h1-2,5-6,8,13H,3-4,7,17H2,(H,18,19). The molecule has 4 nitrogen and oxygen atoms in total. The van der Waals surface area contributed by atoms with Gasteiger partial charge in [0.2, 0.25) is 0 Å². The number of carbonyl (C=O) groups excluding carboxylic acids is 1. The van der Waals surface area contributed by atoms with Crippen LogP contribution >= 0.6 is 11.8 Å². The summed E-state index contributed by atoms with van der Waals surface area (Å²) in [5.41, 5.74) is 6.73. The van der Waals surface area contributed by atoms with Gasteiger partial charge in [0.05, 0.1) is 18.2 Å². The van der Waals surface area contributed by atoms with Gasteiger partial charge in [-0.05, 0) is 36.2 Å². The first kappa shape index (κ1) is 14.2. The highest BCUT2D eigenvalue weighted by atomic mass is 32.2. The van der Waals surface area contributed by atoms with Gasteiger partial charge < -0.3 is 15.5 Å². The number of carbonyl (C=O) groups is 1. The Hall–Kier alpha value is -1.79. The Morgan fingerprint density at radius 2 is 2.33 bits per heavy atom. The highest BCUT2D eigenvalue weighted by molar-refractivity contribution is 7.99. The number of hydrogen-bond donors (Lipinski definition) is 2. The number of nitrogens with two attached hydrogens (primary N) is 1. The second-order valence-electron chi connectivity index (χ2n) is 4.85.